The Kier molecular flexibility index (Phi) is 7.44. The maximum Gasteiger partial charge on any atom is 0.221 e. The Hall–Kier alpha value is -0.530. The highest BCUT2D eigenvalue weighted by molar-refractivity contribution is 14.0. The molecule has 1 atom stereocenters. The van der Waals surface area contributed by atoms with Gasteiger partial charge in [0.25, 0.3) is 0 Å². The van der Waals surface area contributed by atoms with Gasteiger partial charge in [0.05, 0.1) is 6.54 Å². The highest BCUT2D eigenvalue weighted by Crippen LogP contribution is 1.92. The van der Waals surface area contributed by atoms with Gasteiger partial charge in [-0.2, -0.15) is 0 Å². The Morgan fingerprint density at radius 1 is 1.62 bits per heavy atom. The summed E-state index contributed by atoms with van der Waals surface area (Å²) in [5.41, 5.74) is 0. The van der Waals surface area contributed by atoms with Gasteiger partial charge in [-0.25, -0.2) is 0 Å². The zero-order valence-electron chi connectivity index (χ0n) is 10.0. The summed E-state index contributed by atoms with van der Waals surface area (Å²) in [6.45, 7) is 7.41. The lowest BCUT2D eigenvalue weighted by atomic mass is 10.3. The van der Waals surface area contributed by atoms with Crippen LogP contribution in [0.5, 0.6) is 0 Å². The molecule has 0 aromatic heterocycles. The summed E-state index contributed by atoms with van der Waals surface area (Å²) >= 11 is 0. The van der Waals surface area contributed by atoms with Gasteiger partial charge in [-0.05, 0) is 20.8 Å². The fourth-order valence-electron chi connectivity index (χ4n) is 1.35. The molecule has 6 heteroatoms. The quantitative estimate of drug-likeness (QED) is 0.652. The Morgan fingerprint density at radius 3 is 2.81 bits per heavy atom. The van der Waals surface area contributed by atoms with Crippen LogP contribution in [-0.4, -0.2) is 37.0 Å². The van der Waals surface area contributed by atoms with E-state index in [2.05, 4.69) is 27.9 Å². The second kappa shape index (κ2) is 7.70. The van der Waals surface area contributed by atoms with Crippen molar-refractivity contribution in [3.63, 3.8) is 0 Å². The summed E-state index contributed by atoms with van der Waals surface area (Å²) in [6, 6.07) is 0.608. The summed E-state index contributed by atoms with van der Waals surface area (Å²) < 4.78 is 0. The van der Waals surface area contributed by atoms with Crippen molar-refractivity contribution in [1.29, 1.82) is 0 Å². The monoisotopic (exact) mass is 340 g/mol. The minimum absolute atomic E-state index is 0. The molecule has 0 bridgehead atoms. The number of nitrogens with zero attached hydrogens (tertiary/aromatic N) is 1. The third kappa shape index (κ3) is 6.14. The molecule has 0 spiro atoms. The second-order valence-electron chi connectivity index (χ2n) is 4.13. The minimum atomic E-state index is 0. The molecule has 0 aromatic carbocycles. The molecular weight excluding hydrogens is 319 g/mol. The molecule has 0 radical (unpaired) electrons. The lowest BCUT2D eigenvalue weighted by Crippen LogP contribution is -2.40. The minimum Gasteiger partial charge on any atom is -0.356 e. The normalized spacial score (nSPS) is 18.5. The first-order valence-corrected chi connectivity index (χ1v) is 5.42. The van der Waals surface area contributed by atoms with E-state index in [9.17, 15) is 4.79 Å². The average molecular weight is 340 g/mol. The van der Waals surface area contributed by atoms with E-state index in [1.165, 1.54) is 0 Å². The van der Waals surface area contributed by atoms with Crippen LogP contribution in [0.25, 0.3) is 0 Å². The third-order valence-electron chi connectivity index (χ3n) is 2.00. The van der Waals surface area contributed by atoms with Gasteiger partial charge in [0, 0.05) is 25.0 Å². The summed E-state index contributed by atoms with van der Waals surface area (Å²) in [6.07, 6.45) is 0.479. The number of hydrogen-bond acceptors (Lipinski definition) is 4. The molecule has 1 rings (SSSR count). The van der Waals surface area contributed by atoms with Crippen LogP contribution in [0.3, 0.4) is 0 Å². The highest BCUT2D eigenvalue weighted by Gasteiger charge is 2.11. The summed E-state index contributed by atoms with van der Waals surface area (Å²) in [5.74, 6) is 0.879. The van der Waals surface area contributed by atoms with E-state index in [0.29, 0.717) is 19.0 Å². The van der Waals surface area contributed by atoms with Gasteiger partial charge < -0.3 is 16.0 Å². The van der Waals surface area contributed by atoms with Crippen LogP contribution in [-0.2, 0) is 4.79 Å². The zero-order chi connectivity index (χ0) is 11.3. The topological polar surface area (TPSA) is 65.5 Å². The smallest absolute Gasteiger partial charge is 0.221 e. The van der Waals surface area contributed by atoms with Crippen molar-refractivity contribution in [2.75, 3.05) is 13.1 Å². The first-order chi connectivity index (χ1) is 7.08. The van der Waals surface area contributed by atoms with E-state index >= 15 is 0 Å². The molecule has 1 aliphatic heterocycles. The molecule has 0 fully saturated rings. The number of guanidine groups is 1. The summed E-state index contributed by atoms with van der Waals surface area (Å²) in [5, 5.41) is 9.11. The van der Waals surface area contributed by atoms with Gasteiger partial charge in [0.2, 0.25) is 5.91 Å². The Balaban J connectivity index is 0.00000225. The molecule has 0 aliphatic carbocycles. The lowest BCUT2D eigenvalue weighted by Gasteiger charge is -2.10. The highest BCUT2D eigenvalue weighted by atomic mass is 127. The maximum absolute atomic E-state index is 11.3. The van der Waals surface area contributed by atoms with Gasteiger partial charge in [-0.15, -0.1) is 24.0 Å². The van der Waals surface area contributed by atoms with Crippen LogP contribution in [0.2, 0.25) is 0 Å². The van der Waals surface area contributed by atoms with Crippen LogP contribution >= 0.6 is 24.0 Å². The maximum atomic E-state index is 11.3. The van der Waals surface area contributed by atoms with Crippen molar-refractivity contribution in [2.24, 2.45) is 4.99 Å². The Labute approximate surface area is 114 Å². The lowest BCUT2D eigenvalue weighted by molar-refractivity contribution is -0.121. The Morgan fingerprint density at radius 2 is 2.31 bits per heavy atom. The third-order valence-corrected chi connectivity index (χ3v) is 2.00. The van der Waals surface area contributed by atoms with Crippen molar-refractivity contribution in [2.45, 2.75) is 39.3 Å². The number of carbonyl (C=O) groups is 1. The number of amides is 1. The van der Waals surface area contributed by atoms with Gasteiger partial charge in [-0.3, -0.25) is 9.79 Å². The fraction of sp³-hybridized carbons (Fsp3) is 0.800. The van der Waals surface area contributed by atoms with Crippen LogP contribution in [0.4, 0.5) is 0 Å². The van der Waals surface area contributed by atoms with E-state index in [4.69, 9.17) is 0 Å². The van der Waals surface area contributed by atoms with Crippen molar-refractivity contribution < 1.29 is 4.79 Å². The summed E-state index contributed by atoms with van der Waals surface area (Å²) in [7, 11) is 0. The first kappa shape index (κ1) is 15.5. The number of hydrogen-bond donors (Lipinski definition) is 3. The fourth-order valence-corrected chi connectivity index (χ4v) is 1.35. The summed E-state index contributed by atoms with van der Waals surface area (Å²) in [4.78, 5) is 15.5. The molecule has 1 aliphatic rings. The number of halogens is 1. The van der Waals surface area contributed by atoms with Gasteiger partial charge in [0.1, 0.15) is 0 Å². The van der Waals surface area contributed by atoms with Crippen LogP contribution in [0.15, 0.2) is 4.99 Å². The number of nitrogens with one attached hydrogen (secondary N) is 3. The van der Waals surface area contributed by atoms with Crippen molar-refractivity contribution in [1.82, 2.24) is 16.0 Å². The molecule has 0 saturated carbocycles. The molecule has 3 N–H and O–H groups in total. The van der Waals surface area contributed by atoms with E-state index in [0.717, 1.165) is 12.5 Å². The molecule has 1 amide bonds. The molecule has 16 heavy (non-hydrogen) atoms. The molecule has 0 aromatic rings. The predicted molar refractivity (Wildman–Crippen MR) is 76.2 cm³/mol. The Bertz CT molecular complexity index is 255. The van der Waals surface area contributed by atoms with Crippen molar-refractivity contribution in [3.05, 3.63) is 0 Å². The van der Waals surface area contributed by atoms with Gasteiger partial charge in [0.15, 0.2) is 5.96 Å². The van der Waals surface area contributed by atoms with Crippen LogP contribution in [0, 0.1) is 0 Å². The van der Waals surface area contributed by atoms with Gasteiger partial charge >= 0.3 is 0 Å². The SMILES string of the molecule is CC(C)NC(=O)CCNC1=NCC(C)N1.I. The second-order valence-corrected chi connectivity index (χ2v) is 4.13. The molecule has 94 valence electrons. The standard InChI is InChI=1S/C10H20N4O.HI/c1-7(2)13-9(15)4-5-11-10-12-6-8(3)14-10;/h7-8H,4-6H2,1-3H3,(H,13,15)(H2,11,12,14);1H. The molecule has 5 nitrogen and oxygen atoms in total. The number of rotatable bonds is 4. The number of aliphatic imine (C=N–C) groups is 1. The largest absolute Gasteiger partial charge is 0.356 e. The van der Waals surface area contributed by atoms with Gasteiger partial charge in [-0.1, -0.05) is 0 Å². The van der Waals surface area contributed by atoms with Crippen molar-refractivity contribution >= 4 is 35.8 Å². The molecule has 0 saturated heterocycles. The van der Waals surface area contributed by atoms with Crippen LogP contribution < -0.4 is 16.0 Å². The van der Waals surface area contributed by atoms with E-state index < -0.39 is 0 Å². The number of carbonyl (C=O) groups excluding carboxylic acids is 1. The van der Waals surface area contributed by atoms with Crippen molar-refractivity contribution in [3.8, 4) is 0 Å². The average Bonchev–Trinajstić information content (AvgIpc) is 2.50. The van der Waals surface area contributed by atoms with E-state index in [1.807, 2.05) is 13.8 Å². The zero-order valence-corrected chi connectivity index (χ0v) is 12.4. The first-order valence-electron chi connectivity index (χ1n) is 5.42. The van der Waals surface area contributed by atoms with Crippen LogP contribution in [0.1, 0.15) is 27.2 Å². The molecule has 1 unspecified atom stereocenters. The predicted octanol–water partition coefficient (Wildman–Crippen LogP) is 0.456. The molecular formula is C10H21IN4O. The van der Waals surface area contributed by atoms with E-state index in [-0.39, 0.29) is 35.9 Å². The molecule has 1 heterocycles. The van der Waals surface area contributed by atoms with E-state index in [1.54, 1.807) is 0 Å².